The van der Waals surface area contributed by atoms with Crippen molar-refractivity contribution in [2.24, 2.45) is 0 Å². The number of carbonyl (C=O) groups excluding carboxylic acids is 1. The lowest BCUT2D eigenvalue weighted by atomic mass is 10.2. The summed E-state index contributed by atoms with van der Waals surface area (Å²) in [5, 5.41) is 24.2. The third kappa shape index (κ3) is 3.96. The summed E-state index contributed by atoms with van der Waals surface area (Å²) in [6.45, 7) is 4.69. The number of carbonyl (C=O) groups is 1. The number of amides is 1. The molecule has 0 saturated heterocycles. The minimum absolute atomic E-state index is 0.0597. The van der Waals surface area contributed by atoms with Crippen LogP contribution in [0.1, 0.15) is 19.4 Å². The van der Waals surface area contributed by atoms with Crippen LogP contribution in [0.4, 0.5) is 0 Å². The molecule has 1 rings (SSSR count). The van der Waals surface area contributed by atoms with Crippen LogP contribution in [-0.4, -0.2) is 28.7 Å². The Balaban J connectivity index is 2.50. The van der Waals surface area contributed by atoms with E-state index < -0.39 is 0 Å². The molecule has 0 aliphatic rings. The van der Waals surface area contributed by atoms with Crippen LogP contribution in [-0.2, 0) is 11.3 Å². The van der Waals surface area contributed by atoms with Crippen molar-refractivity contribution in [1.82, 2.24) is 10.6 Å². The van der Waals surface area contributed by atoms with Crippen LogP contribution in [0.5, 0.6) is 11.5 Å². The van der Waals surface area contributed by atoms with Gasteiger partial charge in [-0.05, 0) is 31.5 Å². The number of nitrogens with one attached hydrogen (secondary N) is 2. The Morgan fingerprint density at radius 3 is 2.65 bits per heavy atom. The highest BCUT2D eigenvalue weighted by atomic mass is 16.3. The van der Waals surface area contributed by atoms with E-state index in [1.165, 1.54) is 12.1 Å². The lowest BCUT2D eigenvalue weighted by Gasteiger charge is -2.13. The summed E-state index contributed by atoms with van der Waals surface area (Å²) in [4.78, 5) is 11.4. The number of rotatable bonds is 5. The Morgan fingerprint density at radius 2 is 2.06 bits per heavy atom. The van der Waals surface area contributed by atoms with Crippen LogP contribution in [0.15, 0.2) is 18.2 Å². The second-order valence-electron chi connectivity index (χ2n) is 3.82. The molecule has 1 atom stereocenters. The van der Waals surface area contributed by atoms with Gasteiger partial charge in [-0.25, -0.2) is 0 Å². The van der Waals surface area contributed by atoms with E-state index in [2.05, 4.69) is 10.6 Å². The Labute approximate surface area is 100 Å². The first-order valence-electron chi connectivity index (χ1n) is 5.56. The van der Waals surface area contributed by atoms with Crippen molar-refractivity contribution in [1.29, 1.82) is 0 Å². The molecule has 0 spiro atoms. The van der Waals surface area contributed by atoms with E-state index in [4.69, 9.17) is 5.11 Å². The Kier molecular flexibility index (Phi) is 4.78. The molecule has 0 radical (unpaired) electrons. The molecule has 0 heterocycles. The number of hydrogen-bond acceptors (Lipinski definition) is 4. The first kappa shape index (κ1) is 13.3. The fraction of sp³-hybridized carbons (Fsp3) is 0.417. The molecule has 1 aromatic carbocycles. The fourth-order valence-electron chi connectivity index (χ4n) is 1.37. The zero-order valence-corrected chi connectivity index (χ0v) is 10.0. The maximum atomic E-state index is 11.4. The number of aromatic hydroxyl groups is 2. The van der Waals surface area contributed by atoms with Crippen LogP contribution < -0.4 is 10.6 Å². The van der Waals surface area contributed by atoms with E-state index in [1.807, 2.05) is 6.92 Å². The van der Waals surface area contributed by atoms with Gasteiger partial charge in [0, 0.05) is 13.1 Å². The molecule has 1 amide bonds. The second-order valence-corrected chi connectivity index (χ2v) is 3.82. The molecular formula is C12H18N2O3. The standard InChI is InChI=1S/C12H18N2O3/c1-3-13-12(17)8(2)14-7-9-4-5-10(15)11(16)6-9/h4-6,8,14-16H,3,7H2,1-2H3,(H,13,17). The normalized spacial score (nSPS) is 12.1. The van der Waals surface area contributed by atoms with Crippen molar-refractivity contribution in [2.45, 2.75) is 26.4 Å². The zero-order chi connectivity index (χ0) is 12.8. The number of phenolic OH excluding ortho intramolecular Hbond substituents is 2. The van der Waals surface area contributed by atoms with E-state index in [-0.39, 0.29) is 23.4 Å². The summed E-state index contributed by atoms with van der Waals surface area (Å²) in [6.07, 6.45) is 0. The first-order valence-corrected chi connectivity index (χ1v) is 5.56. The summed E-state index contributed by atoms with van der Waals surface area (Å²) in [5.74, 6) is -0.365. The maximum absolute atomic E-state index is 11.4. The van der Waals surface area contributed by atoms with E-state index >= 15 is 0 Å². The van der Waals surface area contributed by atoms with E-state index in [9.17, 15) is 9.90 Å². The molecule has 1 aromatic rings. The summed E-state index contributed by atoms with van der Waals surface area (Å²) < 4.78 is 0. The van der Waals surface area contributed by atoms with Gasteiger partial charge in [-0.2, -0.15) is 0 Å². The Hall–Kier alpha value is -1.75. The zero-order valence-electron chi connectivity index (χ0n) is 10.0. The van der Waals surface area contributed by atoms with Gasteiger partial charge in [0.05, 0.1) is 6.04 Å². The van der Waals surface area contributed by atoms with Gasteiger partial charge < -0.3 is 20.8 Å². The molecule has 1 unspecified atom stereocenters. The van der Waals surface area contributed by atoms with E-state index in [0.717, 1.165) is 5.56 Å². The third-order valence-electron chi connectivity index (χ3n) is 2.40. The first-order chi connectivity index (χ1) is 8.04. The van der Waals surface area contributed by atoms with Crippen molar-refractivity contribution in [3.8, 4) is 11.5 Å². The SMILES string of the molecule is CCNC(=O)C(C)NCc1ccc(O)c(O)c1. The maximum Gasteiger partial charge on any atom is 0.236 e. The van der Waals surface area contributed by atoms with Gasteiger partial charge in [0.25, 0.3) is 0 Å². The molecule has 0 fully saturated rings. The molecule has 5 heteroatoms. The van der Waals surface area contributed by atoms with Crippen LogP contribution in [0.3, 0.4) is 0 Å². The minimum atomic E-state index is -0.300. The predicted molar refractivity (Wildman–Crippen MR) is 64.8 cm³/mol. The third-order valence-corrected chi connectivity index (χ3v) is 2.40. The number of benzene rings is 1. The molecule has 0 saturated carbocycles. The largest absolute Gasteiger partial charge is 0.504 e. The lowest BCUT2D eigenvalue weighted by molar-refractivity contribution is -0.122. The van der Waals surface area contributed by atoms with E-state index in [1.54, 1.807) is 13.0 Å². The van der Waals surface area contributed by atoms with Gasteiger partial charge in [0.15, 0.2) is 11.5 Å². The average molecular weight is 238 g/mol. The lowest BCUT2D eigenvalue weighted by Crippen LogP contribution is -2.41. The molecule has 0 aromatic heterocycles. The second kappa shape index (κ2) is 6.10. The number of hydrogen-bond donors (Lipinski definition) is 4. The highest BCUT2D eigenvalue weighted by molar-refractivity contribution is 5.81. The van der Waals surface area contributed by atoms with E-state index in [0.29, 0.717) is 13.1 Å². The van der Waals surface area contributed by atoms with Gasteiger partial charge in [-0.1, -0.05) is 6.07 Å². The molecule has 4 N–H and O–H groups in total. The van der Waals surface area contributed by atoms with Gasteiger partial charge in [0.1, 0.15) is 0 Å². The van der Waals surface area contributed by atoms with Gasteiger partial charge in [-0.3, -0.25) is 4.79 Å². The quantitative estimate of drug-likeness (QED) is 0.569. The van der Waals surface area contributed by atoms with Crippen LogP contribution in [0.2, 0.25) is 0 Å². The fourth-order valence-corrected chi connectivity index (χ4v) is 1.37. The highest BCUT2D eigenvalue weighted by Gasteiger charge is 2.10. The Bertz CT molecular complexity index is 393. The van der Waals surface area contributed by atoms with Crippen molar-refractivity contribution in [2.75, 3.05) is 6.54 Å². The van der Waals surface area contributed by atoms with Gasteiger partial charge in [-0.15, -0.1) is 0 Å². The Morgan fingerprint density at radius 1 is 1.35 bits per heavy atom. The molecule has 0 aliphatic carbocycles. The van der Waals surface area contributed by atoms with Crippen molar-refractivity contribution in [3.05, 3.63) is 23.8 Å². The number of phenols is 2. The highest BCUT2D eigenvalue weighted by Crippen LogP contribution is 2.24. The van der Waals surface area contributed by atoms with Crippen molar-refractivity contribution < 1.29 is 15.0 Å². The molecule has 94 valence electrons. The average Bonchev–Trinajstić information content (AvgIpc) is 2.30. The van der Waals surface area contributed by atoms with Gasteiger partial charge >= 0.3 is 0 Å². The minimum Gasteiger partial charge on any atom is -0.504 e. The number of likely N-dealkylation sites (N-methyl/N-ethyl adjacent to an activating group) is 1. The van der Waals surface area contributed by atoms with Crippen molar-refractivity contribution in [3.63, 3.8) is 0 Å². The molecular weight excluding hydrogens is 220 g/mol. The van der Waals surface area contributed by atoms with Crippen molar-refractivity contribution >= 4 is 5.91 Å². The van der Waals surface area contributed by atoms with Crippen LogP contribution >= 0.6 is 0 Å². The monoisotopic (exact) mass is 238 g/mol. The molecule has 0 bridgehead atoms. The predicted octanol–water partition coefficient (Wildman–Crippen LogP) is 0.712. The summed E-state index contributed by atoms with van der Waals surface area (Å²) in [5.41, 5.74) is 0.802. The molecule has 0 aliphatic heterocycles. The van der Waals surface area contributed by atoms with Gasteiger partial charge in [0.2, 0.25) is 5.91 Å². The summed E-state index contributed by atoms with van der Waals surface area (Å²) in [6, 6.07) is 4.27. The van der Waals surface area contributed by atoms with Crippen LogP contribution in [0, 0.1) is 0 Å². The molecule has 5 nitrogen and oxygen atoms in total. The summed E-state index contributed by atoms with van der Waals surface area (Å²) >= 11 is 0. The summed E-state index contributed by atoms with van der Waals surface area (Å²) in [7, 11) is 0. The molecule has 17 heavy (non-hydrogen) atoms. The smallest absolute Gasteiger partial charge is 0.236 e. The van der Waals surface area contributed by atoms with Crippen LogP contribution in [0.25, 0.3) is 0 Å². The topological polar surface area (TPSA) is 81.6 Å².